The second kappa shape index (κ2) is 6.22. The lowest BCUT2D eigenvalue weighted by atomic mass is 10.1. The molecule has 1 N–H and O–H groups in total. The molecule has 1 aliphatic rings. The van der Waals surface area contributed by atoms with Gasteiger partial charge in [0.05, 0.1) is 12.2 Å². The number of carbonyl (C=O) groups excluding carboxylic acids is 1. The van der Waals surface area contributed by atoms with Gasteiger partial charge in [-0.15, -0.1) is 0 Å². The molecule has 0 bridgehead atoms. The lowest BCUT2D eigenvalue weighted by molar-refractivity contribution is -0.0586. The number of nitrogens with one attached hydrogen (secondary N) is 1. The predicted molar refractivity (Wildman–Crippen MR) is 79.1 cm³/mol. The van der Waals surface area contributed by atoms with Crippen LogP contribution in [0.4, 0.5) is 5.82 Å². The van der Waals surface area contributed by atoms with E-state index in [-0.39, 0.29) is 18.1 Å². The van der Waals surface area contributed by atoms with Crippen LogP contribution < -0.4 is 5.32 Å². The van der Waals surface area contributed by atoms with Gasteiger partial charge in [-0.25, -0.2) is 4.98 Å². The Morgan fingerprint density at radius 3 is 2.65 bits per heavy atom. The third kappa shape index (κ3) is 3.48. The van der Waals surface area contributed by atoms with Crippen molar-refractivity contribution in [2.24, 2.45) is 0 Å². The standard InChI is InChI=1S/C15H23N3O2/c1-5-16-14-7-13(6-10(2)17-14)15(19)18-8-11(3)20-12(4)9-18/h6-7,11-12H,5,8-9H2,1-4H3,(H,16,17). The van der Waals surface area contributed by atoms with E-state index in [4.69, 9.17) is 4.74 Å². The minimum Gasteiger partial charge on any atom is -0.372 e. The Kier molecular flexibility index (Phi) is 4.60. The number of anilines is 1. The topological polar surface area (TPSA) is 54.5 Å². The minimum absolute atomic E-state index is 0.0525. The van der Waals surface area contributed by atoms with Gasteiger partial charge in [0.2, 0.25) is 0 Å². The minimum atomic E-state index is 0.0525. The van der Waals surface area contributed by atoms with Crippen LogP contribution in [-0.4, -0.2) is 47.6 Å². The zero-order valence-electron chi connectivity index (χ0n) is 12.6. The van der Waals surface area contributed by atoms with Gasteiger partial charge >= 0.3 is 0 Å². The molecule has 2 heterocycles. The Morgan fingerprint density at radius 2 is 2.05 bits per heavy atom. The summed E-state index contributed by atoms with van der Waals surface area (Å²) in [6.45, 7) is 9.98. The Bertz CT molecular complexity index is 480. The maximum atomic E-state index is 12.6. The first-order valence-corrected chi connectivity index (χ1v) is 7.17. The second-order valence-electron chi connectivity index (χ2n) is 5.38. The van der Waals surface area contributed by atoms with E-state index in [1.54, 1.807) is 0 Å². The van der Waals surface area contributed by atoms with Crippen molar-refractivity contribution >= 4 is 11.7 Å². The summed E-state index contributed by atoms with van der Waals surface area (Å²) in [5.74, 6) is 0.807. The van der Waals surface area contributed by atoms with E-state index in [1.165, 1.54) is 0 Å². The first kappa shape index (κ1) is 14.8. The fraction of sp³-hybridized carbons (Fsp3) is 0.600. The normalized spacial score (nSPS) is 22.7. The smallest absolute Gasteiger partial charge is 0.254 e. The molecule has 2 atom stereocenters. The van der Waals surface area contributed by atoms with E-state index in [9.17, 15) is 4.79 Å². The lowest BCUT2D eigenvalue weighted by Gasteiger charge is -2.35. The third-order valence-corrected chi connectivity index (χ3v) is 3.27. The Morgan fingerprint density at radius 1 is 1.40 bits per heavy atom. The summed E-state index contributed by atoms with van der Waals surface area (Å²) < 4.78 is 5.67. The summed E-state index contributed by atoms with van der Waals surface area (Å²) in [4.78, 5) is 18.9. The molecule has 1 aliphatic heterocycles. The maximum absolute atomic E-state index is 12.6. The summed E-state index contributed by atoms with van der Waals surface area (Å²) in [5, 5.41) is 3.16. The van der Waals surface area contributed by atoms with Gasteiger partial charge in [0.25, 0.3) is 5.91 Å². The Balaban J connectivity index is 2.19. The van der Waals surface area contributed by atoms with Crippen LogP contribution in [-0.2, 0) is 4.74 Å². The average Bonchev–Trinajstić information content (AvgIpc) is 2.36. The first-order chi connectivity index (χ1) is 9.49. The highest BCUT2D eigenvalue weighted by Crippen LogP contribution is 2.17. The van der Waals surface area contributed by atoms with Crippen LogP contribution in [0.25, 0.3) is 0 Å². The van der Waals surface area contributed by atoms with Crippen LogP contribution in [0.3, 0.4) is 0 Å². The summed E-state index contributed by atoms with van der Waals surface area (Å²) in [6.07, 6.45) is 0.165. The van der Waals surface area contributed by atoms with Gasteiger partial charge in [-0.2, -0.15) is 0 Å². The lowest BCUT2D eigenvalue weighted by Crippen LogP contribution is -2.48. The van der Waals surface area contributed by atoms with Gasteiger partial charge in [0.15, 0.2) is 0 Å². The fourth-order valence-corrected chi connectivity index (χ4v) is 2.59. The molecule has 0 saturated carbocycles. The van der Waals surface area contributed by atoms with Crippen molar-refractivity contribution in [3.8, 4) is 0 Å². The van der Waals surface area contributed by atoms with Crippen LogP contribution in [0.5, 0.6) is 0 Å². The Hall–Kier alpha value is -1.62. The van der Waals surface area contributed by atoms with Crippen LogP contribution >= 0.6 is 0 Å². The van der Waals surface area contributed by atoms with E-state index >= 15 is 0 Å². The number of nitrogens with zero attached hydrogens (tertiary/aromatic N) is 2. The van der Waals surface area contributed by atoms with Crippen molar-refractivity contribution in [2.45, 2.75) is 39.9 Å². The van der Waals surface area contributed by atoms with Crippen LogP contribution in [0.1, 0.15) is 36.8 Å². The van der Waals surface area contributed by atoms with Gasteiger partial charge < -0.3 is 15.0 Å². The molecule has 1 aromatic rings. The molecule has 2 unspecified atom stereocenters. The molecule has 110 valence electrons. The maximum Gasteiger partial charge on any atom is 0.254 e. The van der Waals surface area contributed by atoms with Crippen LogP contribution in [0.2, 0.25) is 0 Å². The number of pyridine rings is 1. The number of ether oxygens (including phenoxy) is 1. The number of amides is 1. The van der Waals surface area contributed by atoms with Crippen LogP contribution in [0, 0.1) is 6.92 Å². The van der Waals surface area contributed by atoms with Crippen molar-refractivity contribution in [3.63, 3.8) is 0 Å². The molecular weight excluding hydrogens is 254 g/mol. The highest BCUT2D eigenvalue weighted by atomic mass is 16.5. The Labute approximate surface area is 120 Å². The van der Waals surface area contributed by atoms with Crippen molar-refractivity contribution in [1.82, 2.24) is 9.88 Å². The number of aryl methyl sites for hydroxylation is 1. The fourth-order valence-electron chi connectivity index (χ4n) is 2.59. The molecule has 2 rings (SSSR count). The van der Waals surface area contributed by atoms with E-state index < -0.39 is 0 Å². The van der Waals surface area contributed by atoms with Crippen LogP contribution in [0.15, 0.2) is 12.1 Å². The quantitative estimate of drug-likeness (QED) is 0.919. The zero-order valence-corrected chi connectivity index (χ0v) is 12.6. The van der Waals surface area contributed by atoms with Crippen molar-refractivity contribution in [1.29, 1.82) is 0 Å². The third-order valence-electron chi connectivity index (χ3n) is 3.27. The largest absolute Gasteiger partial charge is 0.372 e. The first-order valence-electron chi connectivity index (χ1n) is 7.17. The zero-order chi connectivity index (χ0) is 14.7. The van der Waals surface area contributed by atoms with Gasteiger partial charge in [-0.1, -0.05) is 0 Å². The molecule has 1 aromatic heterocycles. The molecule has 5 heteroatoms. The highest BCUT2D eigenvalue weighted by Gasteiger charge is 2.26. The number of hydrogen-bond donors (Lipinski definition) is 1. The molecule has 20 heavy (non-hydrogen) atoms. The number of morpholine rings is 1. The molecule has 0 radical (unpaired) electrons. The van der Waals surface area contributed by atoms with Gasteiger partial charge in [-0.3, -0.25) is 4.79 Å². The molecule has 1 saturated heterocycles. The molecule has 5 nitrogen and oxygen atoms in total. The summed E-state index contributed by atoms with van der Waals surface area (Å²) in [6, 6.07) is 3.66. The second-order valence-corrected chi connectivity index (χ2v) is 5.38. The van der Waals surface area contributed by atoms with Crippen molar-refractivity contribution in [2.75, 3.05) is 25.0 Å². The van der Waals surface area contributed by atoms with E-state index in [2.05, 4.69) is 10.3 Å². The highest BCUT2D eigenvalue weighted by molar-refractivity contribution is 5.95. The SMILES string of the molecule is CCNc1cc(C(=O)N2CC(C)OC(C)C2)cc(C)n1. The van der Waals surface area contributed by atoms with Crippen molar-refractivity contribution in [3.05, 3.63) is 23.4 Å². The van der Waals surface area contributed by atoms with Crippen molar-refractivity contribution < 1.29 is 9.53 Å². The predicted octanol–water partition coefficient (Wildman–Crippen LogP) is 2.07. The monoisotopic (exact) mass is 277 g/mol. The van der Waals surface area contributed by atoms with E-state index in [1.807, 2.05) is 44.7 Å². The van der Waals surface area contributed by atoms with Gasteiger partial charge in [-0.05, 0) is 39.8 Å². The summed E-state index contributed by atoms with van der Waals surface area (Å²) in [7, 11) is 0. The van der Waals surface area contributed by atoms with Gasteiger partial charge in [0.1, 0.15) is 5.82 Å². The number of hydrogen-bond acceptors (Lipinski definition) is 4. The molecule has 0 aliphatic carbocycles. The molecule has 0 spiro atoms. The molecule has 0 aromatic carbocycles. The number of aromatic nitrogens is 1. The molecule has 1 fully saturated rings. The number of carbonyl (C=O) groups is 1. The van der Waals surface area contributed by atoms with Gasteiger partial charge in [0, 0.05) is 30.9 Å². The average molecular weight is 277 g/mol. The molecular formula is C15H23N3O2. The van der Waals surface area contributed by atoms with E-state index in [0.717, 1.165) is 18.1 Å². The van der Waals surface area contributed by atoms with E-state index in [0.29, 0.717) is 18.7 Å². The number of rotatable bonds is 3. The molecule has 1 amide bonds. The summed E-state index contributed by atoms with van der Waals surface area (Å²) >= 11 is 0. The summed E-state index contributed by atoms with van der Waals surface area (Å²) in [5.41, 5.74) is 1.54.